The summed E-state index contributed by atoms with van der Waals surface area (Å²) in [5, 5.41) is 7.23. The standard InChI is InChI=1S/C19H28N4O/c1-11-12(2)14(4)17(15(5)13(11)3)9-21-18(24)19(6,7)23-10-16(20)8-22-23/h8,10H,9,20H2,1-7H3,(H,21,24). The lowest BCUT2D eigenvalue weighted by atomic mass is 9.89. The van der Waals surface area contributed by atoms with Crippen LogP contribution in [0.3, 0.4) is 0 Å². The molecule has 1 heterocycles. The molecular formula is C19H28N4O. The van der Waals surface area contributed by atoms with Crippen molar-refractivity contribution in [3.05, 3.63) is 45.8 Å². The molecule has 130 valence electrons. The Hall–Kier alpha value is -2.30. The minimum Gasteiger partial charge on any atom is -0.396 e. The molecule has 1 aromatic heterocycles. The van der Waals surface area contributed by atoms with Crippen molar-refractivity contribution < 1.29 is 4.79 Å². The summed E-state index contributed by atoms with van der Waals surface area (Å²) in [6, 6.07) is 0. The zero-order chi connectivity index (χ0) is 18.2. The van der Waals surface area contributed by atoms with Crippen LogP contribution in [0.15, 0.2) is 12.4 Å². The highest BCUT2D eigenvalue weighted by Crippen LogP contribution is 2.26. The van der Waals surface area contributed by atoms with Gasteiger partial charge < -0.3 is 11.1 Å². The number of amides is 1. The summed E-state index contributed by atoms with van der Waals surface area (Å²) in [6.07, 6.45) is 3.23. The average Bonchev–Trinajstić information content (AvgIpc) is 2.98. The van der Waals surface area contributed by atoms with Crippen LogP contribution in [0.1, 0.15) is 47.2 Å². The van der Waals surface area contributed by atoms with Gasteiger partial charge in [-0.25, -0.2) is 0 Å². The van der Waals surface area contributed by atoms with Crippen molar-refractivity contribution >= 4 is 11.6 Å². The van der Waals surface area contributed by atoms with E-state index in [2.05, 4.69) is 45.0 Å². The first-order chi connectivity index (χ1) is 11.1. The molecule has 0 aliphatic rings. The van der Waals surface area contributed by atoms with E-state index in [0.29, 0.717) is 12.2 Å². The third kappa shape index (κ3) is 3.03. The quantitative estimate of drug-likeness (QED) is 0.906. The Bertz CT molecular complexity index is 758. The number of anilines is 1. The van der Waals surface area contributed by atoms with Gasteiger partial charge in [0.25, 0.3) is 0 Å². The molecule has 1 amide bonds. The van der Waals surface area contributed by atoms with E-state index in [4.69, 9.17) is 5.73 Å². The lowest BCUT2D eigenvalue weighted by Gasteiger charge is -2.25. The van der Waals surface area contributed by atoms with Crippen molar-refractivity contribution in [1.82, 2.24) is 15.1 Å². The zero-order valence-electron chi connectivity index (χ0n) is 15.7. The number of carbonyl (C=O) groups excluding carboxylic acids is 1. The van der Waals surface area contributed by atoms with Gasteiger partial charge in [-0.1, -0.05) is 0 Å². The lowest BCUT2D eigenvalue weighted by molar-refractivity contribution is -0.129. The summed E-state index contributed by atoms with van der Waals surface area (Å²) in [7, 11) is 0. The molecule has 0 saturated heterocycles. The fourth-order valence-corrected chi connectivity index (χ4v) is 2.97. The molecule has 2 aromatic rings. The summed E-state index contributed by atoms with van der Waals surface area (Å²) in [4.78, 5) is 12.7. The number of benzene rings is 1. The van der Waals surface area contributed by atoms with E-state index < -0.39 is 5.54 Å². The fourth-order valence-electron chi connectivity index (χ4n) is 2.97. The molecule has 0 bridgehead atoms. The molecule has 0 saturated carbocycles. The van der Waals surface area contributed by atoms with Crippen LogP contribution < -0.4 is 11.1 Å². The van der Waals surface area contributed by atoms with E-state index in [9.17, 15) is 4.79 Å². The van der Waals surface area contributed by atoms with Crippen LogP contribution in [0, 0.1) is 34.6 Å². The van der Waals surface area contributed by atoms with Gasteiger partial charge in [0.1, 0.15) is 5.54 Å². The molecule has 3 N–H and O–H groups in total. The second-order valence-electron chi connectivity index (χ2n) is 7.06. The van der Waals surface area contributed by atoms with Crippen LogP contribution >= 0.6 is 0 Å². The highest BCUT2D eigenvalue weighted by atomic mass is 16.2. The maximum atomic E-state index is 12.7. The van der Waals surface area contributed by atoms with Gasteiger partial charge in [-0.05, 0) is 81.8 Å². The summed E-state index contributed by atoms with van der Waals surface area (Å²) in [5.74, 6) is -0.0831. The normalized spacial score (nSPS) is 11.6. The molecule has 0 fully saturated rings. The van der Waals surface area contributed by atoms with E-state index in [1.54, 1.807) is 17.1 Å². The number of rotatable bonds is 4. The highest BCUT2D eigenvalue weighted by molar-refractivity contribution is 5.83. The van der Waals surface area contributed by atoms with Gasteiger partial charge >= 0.3 is 0 Å². The zero-order valence-corrected chi connectivity index (χ0v) is 15.7. The molecule has 0 aliphatic carbocycles. The van der Waals surface area contributed by atoms with E-state index in [-0.39, 0.29) is 5.91 Å². The van der Waals surface area contributed by atoms with Crippen LogP contribution in [-0.2, 0) is 16.9 Å². The minimum atomic E-state index is -0.797. The maximum absolute atomic E-state index is 12.7. The van der Waals surface area contributed by atoms with Crippen molar-refractivity contribution in [2.75, 3.05) is 5.73 Å². The molecule has 5 nitrogen and oxygen atoms in total. The first kappa shape index (κ1) is 18.0. The molecule has 2 rings (SSSR count). The number of nitrogen functional groups attached to an aromatic ring is 1. The molecule has 0 spiro atoms. The van der Waals surface area contributed by atoms with Gasteiger partial charge in [0.15, 0.2) is 0 Å². The van der Waals surface area contributed by atoms with Crippen molar-refractivity contribution in [3.8, 4) is 0 Å². The number of carbonyl (C=O) groups is 1. The van der Waals surface area contributed by atoms with E-state index in [1.165, 1.54) is 33.4 Å². The number of hydrogen-bond donors (Lipinski definition) is 2. The molecule has 0 radical (unpaired) electrons. The Balaban J connectivity index is 2.24. The van der Waals surface area contributed by atoms with Gasteiger partial charge in [0, 0.05) is 12.7 Å². The molecule has 1 aromatic carbocycles. The second kappa shape index (κ2) is 6.30. The molecular weight excluding hydrogens is 300 g/mol. The summed E-state index contributed by atoms with van der Waals surface area (Å²) >= 11 is 0. The van der Waals surface area contributed by atoms with Crippen molar-refractivity contribution in [1.29, 1.82) is 0 Å². The Kier molecular flexibility index (Phi) is 4.74. The SMILES string of the molecule is Cc1c(C)c(C)c(CNC(=O)C(C)(C)n2cc(N)cn2)c(C)c1C. The smallest absolute Gasteiger partial charge is 0.247 e. The number of aromatic nitrogens is 2. The Labute approximate surface area is 144 Å². The van der Waals surface area contributed by atoms with E-state index in [0.717, 1.165) is 0 Å². The van der Waals surface area contributed by atoms with Crippen molar-refractivity contribution in [2.45, 2.75) is 60.5 Å². The van der Waals surface area contributed by atoms with Crippen LogP contribution in [0.4, 0.5) is 5.69 Å². The monoisotopic (exact) mass is 328 g/mol. The Morgan fingerprint density at radius 3 is 2.04 bits per heavy atom. The number of hydrogen-bond acceptors (Lipinski definition) is 3. The molecule has 0 aliphatic heterocycles. The number of nitrogens with one attached hydrogen (secondary N) is 1. The highest BCUT2D eigenvalue weighted by Gasteiger charge is 2.30. The van der Waals surface area contributed by atoms with E-state index >= 15 is 0 Å². The van der Waals surface area contributed by atoms with E-state index in [1.807, 2.05) is 13.8 Å². The van der Waals surface area contributed by atoms with Gasteiger partial charge in [0.2, 0.25) is 5.91 Å². The second-order valence-corrected chi connectivity index (χ2v) is 7.06. The fraction of sp³-hybridized carbons (Fsp3) is 0.474. The lowest BCUT2D eigenvalue weighted by Crippen LogP contribution is -2.44. The Morgan fingerprint density at radius 1 is 1.08 bits per heavy atom. The van der Waals surface area contributed by atoms with Gasteiger partial charge in [-0.3, -0.25) is 9.48 Å². The predicted molar refractivity (Wildman–Crippen MR) is 97.9 cm³/mol. The Morgan fingerprint density at radius 2 is 1.58 bits per heavy atom. The van der Waals surface area contributed by atoms with Crippen molar-refractivity contribution in [2.24, 2.45) is 0 Å². The van der Waals surface area contributed by atoms with Gasteiger partial charge in [0.05, 0.1) is 11.9 Å². The largest absolute Gasteiger partial charge is 0.396 e. The first-order valence-electron chi connectivity index (χ1n) is 8.22. The molecule has 24 heavy (non-hydrogen) atoms. The average molecular weight is 328 g/mol. The molecule has 0 unspecified atom stereocenters. The molecule has 0 atom stereocenters. The van der Waals surface area contributed by atoms with Crippen molar-refractivity contribution in [3.63, 3.8) is 0 Å². The summed E-state index contributed by atoms with van der Waals surface area (Å²) in [6.45, 7) is 14.8. The van der Waals surface area contributed by atoms with Gasteiger partial charge in [-0.15, -0.1) is 0 Å². The summed E-state index contributed by atoms with van der Waals surface area (Å²) < 4.78 is 1.60. The number of nitrogens with two attached hydrogens (primary N) is 1. The van der Waals surface area contributed by atoms with Crippen LogP contribution in [0.2, 0.25) is 0 Å². The predicted octanol–water partition coefficient (Wildman–Crippen LogP) is 3.06. The third-order valence-corrected chi connectivity index (χ3v) is 5.31. The minimum absolute atomic E-state index is 0.0831. The molecule has 5 heteroatoms. The third-order valence-electron chi connectivity index (χ3n) is 5.31. The summed E-state index contributed by atoms with van der Waals surface area (Å²) in [5.41, 5.74) is 13.1. The topological polar surface area (TPSA) is 72.9 Å². The maximum Gasteiger partial charge on any atom is 0.247 e. The van der Waals surface area contributed by atoms with Crippen LogP contribution in [0.5, 0.6) is 0 Å². The first-order valence-corrected chi connectivity index (χ1v) is 8.22. The van der Waals surface area contributed by atoms with Gasteiger partial charge in [-0.2, -0.15) is 5.10 Å². The number of nitrogens with zero attached hydrogens (tertiary/aromatic N) is 2. The van der Waals surface area contributed by atoms with Crippen LogP contribution in [0.25, 0.3) is 0 Å². The van der Waals surface area contributed by atoms with Crippen LogP contribution in [-0.4, -0.2) is 15.7 Å².